The SMILES string of the molecule is CNc1cc(-c2cccs2)c2n(c1=O)[C@H](C(=O)OC)CS2. The molecule has 21 heavy (non-hydrogen) atoms. The van der Waals surface area contributed by atoms with E-state index in [-0.39, 0.29) is 11.5 Å². The molecule has 0 spiro atoms. The zero-order valence-electron chi connectivity index (χ0n) is 11.6. The average molecular weight is 322 g/mol. The molecule has 1 atom stereocenters. The molecule has 3 heterocycles. The minimum absolute atomic E-state index is 0.187. The van der Waals surface area contributed by atoms with E-state index in [1.54, 1.807) is 23.0 Å². The van der Waals surface area contributed by atoms with Gasteiger partial charge in [0.1, 0.15) is 11.7 Å². The lowest BCUT2D eigenvalue weighted by atomic mass is 10.2. The highest BCUT2D eigenvalue weighted by Gasteiger charge is 2.33. The van der Waals surface area contributed by atoms with Crippen LogP contribution in [0.1, 0.15) is 6.04 Å². The van der Waals surface area contributed by atoms with Gasteiger partial charge in [0.2, 0.25) is 0 Å². The van der Waals surface area contributed by atoms with Crippen LogP contribution in [0.25, 0.3) is 10.4 Å². The number of methoxy groups -OCH3 is 1. The van der Waals surface area contributed by atoms with Crippen molar-refractivity contribution in [3.8, 4) is 10.4 Å². The van der Waals surface area contributed by atoms with E-state index in [2.05, 4.69) is 5.32 Å². The molecule has 0 saturated heterocycles. The summed E-state index contributed by atoms with van der Waals surface area (Å²) in [5.41, 5.74) is 1.28. The molecule has 0 aliphatic carbocycles. The van der Waals surface area contributed by atoms with Crippen LogP contribution in [0.5, 0.6) is 0 Å². The van der Waals surface area contributed by atoms with Gasteiger partial charge in [0.25, 0.3) is 5.56 Å². The summed E-state index contributed by atoms with van der Waals surface area (Å²) in [7, 11) is 3.05. The Morgan fingerprint density at radius 3 is 2.95 bits per heavy atom. The topological polar surface area (TPSA) is 60.3 Å². The first-order valence-electron chi connectivity index (χ1n) is 6.39. The number of aromatic nitrogens is 1. The molecule has 0 radical (unpaired) electrons. The van der Waals surface area contributed by atoms with Crippen LogP contribution < -0.4 is 10.9 Å². The average Bonchev–Trinajstić information content (AvgIpc) is 3.16. The molecule has 1 N–H and O–H groups in total. The number of nitrogens with one attached hydrogen (secondary N) is 1. The molecule has 7 heteroatoms. The van der Waals surface area contributed by atoms with Gasteiger partial charge in [-0.05, 0) is 17.5 Å². The van der Waals surface area contributed by atoms with Crippen LogP contribution in [0.2, 0.25) is 0 Å². The lowest BCUT2D eigenvalue weighted by molar-refractivity contribution is -0.143. The van der Waals surface area contributed by atoms with Crippen LogP contribution in [0, 0.1) is 0 Å². The molecule has 2 aromatic heterocycles. The quantitative estimate of drug-likeness (QED) is 0.880. The lowest BCUT2D eigenvalue weighted by Gasteiger charge is -2.15. The summed E-state index contributed by atoms with van der Waals surface area (Å²) in [6.45, 7) is 0. The first kappa shape index (κ1) is 14.2. The number of anilines is 1. The lowest BCUT2D eigenvalue weighted by Crippen LogP contribution is -2.31. The third kappa shape index (κ3) is 2.26. The highest BCUT2D eigenvalue weighted by molar-refractivity contribution is 7.99. The van der Waals surface area contributed by atoms with E-state index in [9.17, 15) is 9.59 Å². The number of thioether (sulfide) groups is 1. The van der Waals surface area contributed by atoms with Crippen molar-refractivity contribution in [1.82, 2.24) is 4.57 Å². The van der Waals surface area contributed by atoms with E-state index in [4.69, 9.17) is 4.74 Å². The van der Waals surface area contributed by atoms with Crippen LogP contribution >= 0.6 is 23.1 Å². The second-order valence-corrected chi connectivity index (χ2v) is 6.49. The number of hydrogen-bond acceptors (Lipinski definition) is 6. The van der Waals surface area contributed by atoms with Crippen molar-refractivity contribution in [1.29, 1.82) is 0 Å². The van der Waals surface area contributed by atoms with Gasteiger partial charge in [0.05, 0.1) is 12.1 Å². The molecule has 2 aromatic rings. The third-order valence-corrected chi connectivity index (χ3v) is 5.48. The summed E-state index contributed by atoms with van der Waals surface area (Å²) in [5.74, 6) is 0.140. The van der Waals surface area contributed by atoms with Crippen molar-refractivity contribution in [3.63, 3.8) is 0 Å². The second kappa shape index (κ2) is 5.57. The van der Waals surface area contributed by atoms with Gasteiger partial charge in [0, 0.05) is 23.2 Å². The van der Waals surface area contributed by atoms with Gasteiger partial charge in [-0.25, -0.2) is 4.79 Å². The van der Waals surface area contributed by atoms with E-state index in [1.807, 2.05) is 23.6 Å². The van der Waals surface area contributed by atoms with Crippen molar-refractivity contribution in [2.45, 2.75) is 11.1 Å². The molecular formula is C14H14N2O3S2. The molecule has 5 nitrogen and oxygen atoms in total. The highest BCUT2D eigenvalue weighted by atomic mass is 32.2. The number of fused-ring (bicyclic) bond motifs is 1. The van der Waals surface area contributed by atoms with Gasteiger partial charge in [-0.3, -0.25) is 9.36 Å². The standard InChI is InChI=1S/C14H14N2O3S2/c1-15-9-6-8(11-4-3-5-20-11)13-16(12(9)17)10(7-21-13)14(18)19-2/h3-6,10,15H,7H2,1-2H3/t10-/m0/s1. The molecule has 0 saturated carbocycles. The maximum atomic E-state index is 12.5. The predicted molar refractivity (Wildman–Crippen MR) is 85.3 cm³/mol. The van der Waals surface area contributed by atoms with Crippen molar-refractivity contribution in [3.05, 3.63) is 33.9 Å². The number of ether oxygens (including phenoxy) is 1. The Morgan fingerprint density at radius 2 is 2.33 bits per heavy atom. The molecule has 0 unspecified atom stereocenters. The van der Waals surface area contributed by atoms with Crippen molar-refractivity contribution < 1.29 is 9.53 Å². The van der Waals surface area contributed by atoms with Crippen LogP contribution in [-0.4, -0.2) is 30.4 Å². The molecule has 3 rings (SSSR count). The molecular weight excluding hydrogens is 308 g/mol. The van der Waals surface area contributed by atoms with Crippen molar-refractivity contribution in [2.75, 3.05) is 25.2 Å². The van der Waals surface area contributed by atoms with Gasteiger partial charge in [-0.2, -0.15) is 0 Å². The van der Waals surface area contributed by atoms with E-state index >= 15 is 0 Å². The molecule has 1 aliphatic rings. The van der Waals surface area contributed by atoms with Gasteiger partial charge in [-0.15, -0.1) is 23.1 Å². The van der Waals surface area contributed by atoms with Crippen LogP contribution in [0.15, 0.2) is 33.4 Å². The predicted octanol–water partition coefficient (Wildman–Crippen LogP) is 2.44. The molecule has 1 aliphatic heterocycles. The van der Waals surface area contributed by atoms with Gasteiger partial charge in [0.15, 0.2) is 0 Å². The Hall–Kier alpha value is -1.73. The van der Waals surface area contributed by atoms with E-state index in [0.717, 1.165) is 15.5 Å². The Morgan fingerprint density at radius 1 is 1.52 bits per heavy atom. The first-order valence-corrected chi connectivity index (χ1v) is 8.25. The maximum Gasteiger partial charge on any atom is 0.329 e. The van der Waals surface area contributed by atoms with Crippen LogP contribution in [0.3, 0.4) is 0 Å². The molecule has 0 bridgehead atoms. The minimum Gasteiger partial charge on any atom is -0.467 e. The molecule has 0 fully saturated rings. The van der Waals surface area contributed by atoms with E-state index in [1.165, 1.54) is 18.9 Å². The Bertz CT molecular complexity index is 737. The maximum absolute atomic E-state index is 12.5. The smallest absolute Gasteiger partial charge is 0.329 e. The van der Waals surface area contributed by atoms with Gasteiger partial charge in [-0.1, -0.05) is 6.07 Å². The fourth-order valence-electron chi connectivity index (χ4n) is 2.38. The summed E-state index contributed by atoms with van der Waals surface area (Å²) < 4.78 is 6.37. The number of pyridine rings is 1. The summed E-state index contributed by atoms with van der Waals surface area (Å²) in [6.07, 6.45) is 0. The number of carbonyl (C=O) groups excluding carboxylic acids is 1. The van der Waals surface area contributed by atoms with Crippen molar-refractivity contribution in [2.24, 2.45) is 0 Å². The normalized spacial score (nSPS) is 16.6. The van der Waals surface area contributed by atoms with Crippen LogP contribution in [0.4, 0.5) is 5.69 Å². The number of rotatable bonds is 3. The van der Waals surface area contributed by atoms with Crippen LogP contribution in [-0.2, 0) is 9.53 Å². The molecule has 110 valence electrons. The fraction of sp³-hybridized carbons (Fsp3) is 0.286. The van der Waals surface area contributed by atoms with Crippen molar-refractivity contribution >= 4 is 34.8 Å². The largest absolute Gasteiger partial charge is 0.467 e. The first-order chi connectivity index (χ1) is 10.2. The summed E-state index contributed by atoms with van der Waals surface area (Å²) in [6, 6.07) is 5.27. The highest BCUT2D eigenvalue weighted by Crippen LogP contribution is 2.41. The summed E-state index contributed by atoms with van der Waals surface area (Å²) in [4.78, 5) is 25.5. The Balaban J connectivity index is 2.25. The zero-order valence-corrected chi connectivity index (χ0v) is 13.2. The number of thiophene rings is 1. The summed E-state index contributed by atoms with van der Waals surface area (Å²) in [5, 5.41) is 5.74. The zero-order chi connectivity index (χ0) is 15.0. The molecule has 0 aromatic carbocycles. The fourth-order valence-corrected chi connectivity index (χ4v) is 4.46. The van der Waals surface area contributed by atoms with E-state index < -0.39 is 6.04 Å². The molecule has 0 amide bonds. The second-order valence-electron chi connectivity index (χ2n) is 4.53. The number of hydrogen-bond donors (Lipinski definition) is 1. The Labute approximate surface area is 129 Å². The summed E-state index contributed by atoms with van der Waals surface area (Å²) >= 11 is 3.13. The monoisotopic (exact) mass is 322 g/mol. The number of nitrogens with zero attached hydrogens (tertiary/aromatic N) is 1. The number of esters is 1. The van der Waals surface area contributed by atoms with Gasteiger partial charge < -0.3 is 10.1 Å². The van der Waals surface area contributed by atoms with E-state index in [0.29, 0.717) is 11.4 Å². The number of carbonyl (C=O) groups is 1. The third-order valence-electron chi connectivity index (χ3n) is 3.41. The minimum atomic E-state index is -0.561. The van der Waals surface area contributed by atoms with Gasteiger partial charge >= 0.3 is 5.97 Å². The Kier molecular flexibility index (Phi) is 3.77.